The molecular weight excluding hydrogens is 481 g/mol. The van der Waals surface area contributed by atoms with Crippen molar-refractivity contribution in [1.29, 1.82) is 0 Å². The van der Waals surface area contributed by atoms with Crippen LogP contribution >= 0.6 is 0 Å². The van der Waals surface area contributed by atoms with Crippen LogP contribution in [0.2, 0.25) is 0 Å². The molecule has 7 rings (SSSR count). The van der Waals surface area contributed by atoms with Crippen molar-refractivity contribution in [2.24, 2.45) is 0 Å². The quantitative estimate of drug-likeness (QED) is 0.333. The standard InChI is InChI=1S/C28H24FN9/c29-24-23-21(15-33-25(24)18-10-17(11-30-12-18)16-38-8-4-1-5-9-38)36-37-27(23)28-34-22-14-31-13-19(26(22)35-28)20-6-2-3-7-32-20/h2-3,6-7,10-15H,1,4-5,8-9,16H2,(H,34,35)(H,36,37). The number of H-pyrrole nitrogens is 2. The Morgan fingerprint density at radius 2 is 1.79 bits per heavy atom. The number of hydrogen-bond acceptors (Lipinski definition) is 7. The maximum atomic E-state index is 16.1. The summed E-state index contributed by atoms with van der Waals surface area (Å²) in [5.74, 6) is -0.0313. The summed E-state index contributed by atoms with van der Waals surface area (Å²) >= 11 is 0. The van der Waals surface area contributed by atoms with Crippen LogP contribution in [0.5, 0.6) is 0 Å². The Bertz CT molecular complexity index is 1750. The highest BCUT2D eigenvalue weighted by molar-refractivity contribution is 5.97. The molecule has 0 aromatic carbocycles. The van der Waals surface area contributed by atoms with Crippen molar-refractivity contribution in [3.8, 4) is 34.0 Å². The van der Waals surface area contributed by atoms with Crippen molar-refractivity contribution in [3.63, 3.8) is 0 Å². The minimum atomic E-state index is -0.466. The predicted octanol–water partition coefficient (Wildman–Crippen LogP) is 5.15. The average Bonchev–Trinajstić information content (AvgIpc) is 3.59. The van der Waals surface area contributed by atoms with E-state index in [2.05, 4.69) is 40.0 Å². The summed E-state index contributed by atoms with van der Waals surface area (Å²) in [5, 5.41) is 7.62. The minimum absolute atomic E-state index is 0.236. The third-order valence-electron chi connectivity index (χ3n) is 7.03. The fraction of sp³-hybridized carbons (Fsp3) is 0.214. The first-order chi connectivity index (χ1) is 18.7. The summed E-state index contributed by atoms with van der Waals surface area (Å²) in [5.41, 5.74) is 5.72. The van der Waals surface area contributed by atoms with E-state index in [-0.39, 0.29) is 5.69 Å². The van der Waals surface area contributed by atoms with Crippen molar-refractivity contribution < 1.29 is 4.39 Å². The van der Waals surface area contributed by atoms with Crippen molar-refractivity contribution >= 4 is 21.9 Å². The molecule has 0 amide bonds. The molecule has 7 heterocycles. The number of imidazole rings is 1. The smallest absolute Gasteiger partial charge is 0.161 e. The van der Waals surface area contributed by atoms with Gasteiger partial charge in [0.1, 0.15) is 16.9 Å². The highest BCUT2D eigenvalue weighted by atomic mass is 19.1. The number of aromatic amines is 2. The highest BCUT2D eigenvalue weighted by Crippen LogP contribution is 2.34. The zero-order valence-electron chi connectivity index (χ0n) is 20.5. The molecule has 1 aliphatic rings. The van der Waals surface area contributed by atoms with Crippen LogP contribution in [0.4, 0.5) is 4.39 Å². The van der Waals surface area contributed by atoms with Gasteiger partial charge in [-0.2, -0.15) is 5.10 Å². The number of likely N-dealkylation sites (tertiary alicyclic amines) is 1. The van der Waals surface area contributed by atoms with Crippen LogP contribution in [0.1, 0.15) is 24.8 Å². The Kier molecular flexibility index (Phi) is 5.58. The third kappa shape index (κ3) is 3.99. The van der Waals surface area contributed by atoms with Gasteiger partial charge in [-0.25, -0.2) is 9.37 Å². The molecule has 0 unspecified atom stereocenters. The molecule has 0 bridgehead atoms. The molecule has 0 radical (unpaired) electrons. The molecule has 0 aliphatic carbocycles. The van der Waals surface area contributed by atoms with E-state index in [4.69, 9.17) is 4.98 Å². The fourth-order valence-electron chi connectivity index (χ4n) is 5.18. The van der Waals surface area contributed by atoms with Gasteiger partial charge in [0.2, 0.25) is 0 Å². The number of nitrogens with one attached hydrogen (secondary N) is 2. The molecule has 0 atom stereocenters. The van der Waals surface area contributed by atoms with E-state index in [0.717, 1.165) is 36.5 Å². The van der Waals surface area contributed by atoms with E-state index in [1.807, 2.05) is 30.5 Å². The highest BCUT2D eigenvalue weighted by Gasteiger charge is 2.22. The second-order valence-electron chi connectivity index (χ2n) is 9.58. The molecule has 6 aromatic heterocycles. The van der Waals surface area contributed by atoms with E-state index in [0.29, 0.717) is 39.0 Å². The van der Waals surface area contributed by atoms with Gasteiger partial charge >= 0.3 is 0 Å². The van der Waals surface area contributed by atoms with Crippen molar-refractivity contribution in [2.45, 2.75) is 25.8 Å². The van der Waals surface area contributed by atoms with Gasteiger partial charge in [-0.3, -0.25) is 29.9 Å². The summed E-state index contributed by atoms with van der Waals surface area (Å²) < 4.78 is 16.1. The largest absolute Gasteiger partial charge is 0.335 e. The second kappa shape index (κ2) is 9.38. The van der Waals surface area contributed by atoms with E-state index >= 15 is 4.39 Å². The van der Waals surface area contributed by atoms with Crippen LogP contribution in [0.3, 0.4) is 0 Å². The van der Waals surface area contributed by atoms with Gasteiger partial charge in [-0.1, -0.05) is 12.5 Å². The van der Waals surface area contributed by atoms with Gasteiger partial charge in [-0.15, -0.1) is 0 Å². The van der Waals surface area contributed by atoms with Gasteiger partial charge in [0.25, 0.3) is 0 Å². The normalized spacial score (nSPS) is 14.4. The molecule has 9 nitrogen and oxygen atoms in total. The Hall–Kier alpha value is -4.57. The first-order valence-corrected chi connectivity index (χ1v) is 12.7. The first-order valence-electron chi connectivity index (χ1n) is 12.7. The minimum Gasteiger partial charge on any atom is -0.335 e. The number of halogens is 1. The average molecular weight is 506 g/mol. The third-order valence-corrected chi connectivity index (χ3v) is 7.03. The van der Waals surface area contributed by atoms with Gasteiger partial charge in [0, 0.05) is 42.5 Å². The predicted molar refractivity (Wildman–Crippen MR) is 142 cm³/mol. The van der Waals surface area contributed by atoms with Crippen LogP contribution in [0, 0.1) is 5.82 Å². The Morgan fingerprint density at radius 3 is 2.66 bits per heavy atom. The number of hydrogen-bond donors (Lipinski definition) is 2. The molecule has 188 valence electrons. The Labute approximate surface area is 217 Å². The van der Waals surface area contributed by atoms with E-state index in [1.54, 1.807) is 31.0 Å². The van der Waals surface area contributed by atoms with E-state index in [1.165, 1.54) is 19.3 Å². The lowest BCUT2D eigenvalue weighted by Gasteiger charge is -2.26. The molecule has 6 aromatic rings. The molecular formula is C28H24FN9. The van der Waals surface area contributed by atoms with Gasteiger partial charge in [-0.05, 0) is 49.7 Å². The summed E-state index contributed by atoms with van der Waals surface area (Å²) in [6, 6.07) is 7.65. The summed E-state index contributed by atoms with van der Waals surface area (Å²) in [6.45, 7) is 2.96. The van der Waals surface area contributed by atoms with Gasteiger partial charge in [0.05, 0.1) is 34.5 Å². The molecule has 38 heavy (non-hydrogen) atoms. The monoisotopic (exact) mass is 505 g/mol. The van der Waals surface area contributed by atoms with Crippen LogP contribution in [-0.2, 0) is 6.54 Å². The zero-order valence-corrected chi connectivity index (χ0v) is 20.5. The van der Waals surface area contributed by atoms with Gasteiger partial charge in [0.15, 0.2) is 11.6 Å². The lowest BCUT2D eigenvalue weighted by molar-refractivity contribution is 0.220. The summed E-state index contributed by atoms with van der Waals surface area (Å²) in [7, 11) is 0. The molecule has 1 saturated heterocycles. The first kappa shape index (κ1) is 22.6. The van der Waals surface area contributed by atoms with E-state index < -0.39 is 5.82 Å². The number of nitrogens with zero attached hydrogens (tertiary/aromatic N) is 7. The molecule has 1 aliphatic heterocycles. The zero-order chi connectivity index (χ0) is 25.5. The lowest BCUT2D eigenvalue weighted by atomic mass is 10.1. The van der Waals surface area contributed by atoms with Crippen LogP contribution in [-0.4, -0.2) is 58.1 Å². The number of aromatic nitrogens is 8. The Balaban J connectivity index is 1.29. The number of piperidine rings is 1. The maximum absolute atomic E-state index is 16.1. The second-order valence-corrected chi connectivity index (χ2v) is 9.58. The van der Waals surface area contributed by atoms with Crippen LogP contribution in [0.25, 0.3) is 56.0 Å². The van der Waals surface area contributed by atoms with Crippen LogP contribution in [0.15, 0.2) is 61.4 Å². The van der Waals surface area contributed by atoms with Gasteiger partial charge < -0.3 is 4.98 Å². The molecule has 10 heteroatoms. The SMILES string of the molecule is Fc1c(-c2cncc(CN3CCCCC3)c2)ncc2[nH]nc(-c3nc4c(-c5ccccn5)cncc4[nH]3)c12. The fourth-order valence-corrected chi connectivity index (χ4v) is 5.18. The number of pyridine rings is 4. The van der Waals surface area contributed by atoms with Crippen molar-refractivity contribution in [3.05, 3.63) is 72.8 Å². The molecule has 0 saturated carbocycles. The van der Waals surface area contributed by atoms with E-state index in [9.17, 15) is 0 Å². The van der Waals surface area contributed by atoms with Crippen molar-refractivity contribution in [1.82, 2.24) is 45.0 Å². The van der Waals surface area contributed by atoms with Crippen molar-refractivity contribution in [2.75, 3.05) is 13.1 Å². The molecule has 1 fully saturated rings. The van der Waals surface area contributed by atoms with Crippen LogP contribution < -0.4 is 0 Å². The molecule has 0 spiro atoms. The summed E-state index contributed by atoms with van der Waals surface area (Å²) in [4.78, 5) is 28.0. The lowest BCUT2D eigenvalue weighted by Crippen LogP contribution is -2.29. The Morgan fingerprint density at radius 1 is 0.895 bits per heavy atom. The summed E-state index contributed by atoms with van der Waals surface area (Å²) in [6.07, 6.45) is 14.0. The number of fused-ring (bicyclic) bond motifs is 2. The topological polar surface area (TPSA) is 112 Å². The maximum Gasteiger partial charge on any atom is 0.161 e. The molecule has 2 N–H and O–H groups in total. The number of rotatable bonds is 5.